The fourth-order valence-electron chi connectivity index (χ4n) is 4.56. The number of aromatic nitrogens is 1. The van der Waals surface area contributed by atoms with Gasteiger partial charge in [0, 0.05) is 36.8 Å². The highest BCUT2D eigenvalue weighted by Crippen LogP contribution is 2.45. The monoisotopic (exact) mass is 355 g/mol. The van der Waals surface area contributed by atoms with Crippen molar-refractivity contribution in [1.82, 2.24) is 14.8 Å². The molecule has 4 nitrogen and oxygen atoms in total. The van der Waals surface area contributed by atoms with Gasteiger partial charge in [-0.1, -0.05) is 30.3 Å². The zero-order valence-corrected chi connectivity index (χ0v) is 15.5. The summed E-state index contributed by atoms with van der Waals surface area (Å²) in [5.41, 5.74) is 1.22. The first-order valence-corrected chi connectivity index (χ1v) is 10.1. The Hall–Kier alpha value is -1.72. The molecule has 0 radical (unpaired) electrons. The van der Waals surface area contributed by atoms with Crippen molar-refractivity contribution in [1.29, 1.82) is 0 Å². The lowest BCUT2D eigenvalue weighted by Crippen LogP contribution is -2.52. The Bertz CT molecular complexity index is 708. The van der Waals surface area contributed by atoms with Gasteiger partial charge in [-0.05, 0) is 31.7 Å². The molecule has 1 unspecified atom stereocenters. The summed E-state index contributed by atoms with van der Waals surface area (Å²) in [5, 5.41) is 3.23. The molecule has 2 saturated heterocycles. The lowest BCUT2D eigenvalue weighted by molar-refractivity contribution is -0.133. The summed E-state index contributed by atoms with van der Waals surface area (Å²) in [7, 11) is 0. The smallest absolute Gasteiger partial charge is 0.230 e. The first-order valence-electron chi connectivity index (χ1n) is 9.19. The Morgan fingerprint density at radius 3 is 2.64 bits per heavy atom. The van der Waals surface area contributed by atoms with Gasteiger partial charge in [-0.2, -0.15) is 0 Å². The van der Waals surface area contributed by atoms with Crippen molar-refractivity contribution in [2.24, 2.45) is 0 Å². The number of hydrogen-bond donors (Lipinski definition) is 0. The molecule has 2 aromatic rings. The van der Waals surface area contributed by atoms with Crippen LogP contribution in [-0.4, -0.2) is 45.9 Å². The molecular formula is C20H25N3OS. The molecule has 1 amide bonds. The van der Waals surface area contributed by atoms with Gasteiger partial charge in [0.15, 0.2) is 0 Å². The van der Waals surface area contributed by atoms with Crippen molar-refractivity contribution >= 4 is 17.2 Å². The standard InChI is InChI=1S/C20H25N3OS/c1-2-23-19(24)17(16-6-4-3-5-7-16)14-20(23)8-11-22(12-9-20)15-18-21-10-13-25-18/h3-7,10,13,17H,2,8-9,11-12,14-15H2,1H3. The van der Waals surface area contributed by atoms with E-state index < -0.39 is 0 Å². The number of carbonyl (C=O) groups is 1. The van der Waals surface area contributed by atoms with Crippen molar-refractivity contribution in [2.45, 2.75) is 44.2 Å². The number of hydrogen-bond acceptors (Lipinski definition) is 4. The molecule has 0 bridgehead atoms. The van der Waals surface area contributed by atoms with Crippen LogP contribution in [0.2, 0.25) is 0 Å². The van der Waals surface area contributed by atoms with E-state index in [4.69, 9.17) is 0 Å². The van der Waals surface area contributed by atoms with Crippen LogP contribution < -0.4 is 0 Å². The van der Waals surface area contributed by atoms with Crippen LogP contribution in [0.15, 0.2) is 41.9 Å². The van der Waals surface area contributed by atoms with E-state index in [1.165, 1.54) is 10.6 Å². The average Bonchev–Trinajstić information content (AvgIpc) is 3.24. The third kappa shape index (κ3) is 3.11. The number of rotatable bonds is 4. The topological polar surface area (TPSA) is 36.4 Å². The molecule has 3 heterocycles. The Morgan fingerprint density at radius 1 is 1.24 bits per heavy atom. The lowest BCUT2D eigenvalue weighted by Gasteiger charge is -2.44. The van der Waals surface area contributed by atoms with Crippen molar-refractivity contribution < 1.29 is 4.79 Å². The average molecular weight is 356 g/mol. The predicted molar refractivity (Wildman–Crippen MR) is 101 cm³/mol. The lowest BCUT2D eigenvalue weighted by atomic mass is 9.81. The highest BCUT2D eigenvalue weighted by atomic mass is 32.1. The fourth-order valence-corrected chi connectivity index (χ4v) is 5.22. The molecule has 1 aromatic heterocycles. The normalized spacial score (nSPS) is 23.5. The molecule has 1 spiro atoms. The van der Waals surface area contributed by atoms with Crippen LogP contribution in [0.1, 0.15) is 42.7 Å². The molecule has 1 aromatic carbocycles. The van der Waals surface area contributed by atoms with Crippen LogP contribution in [0.4, 0.5) is 0 Å². The second-order valence-electron chi connectivity index (χ2n) is 7.18. The molecular weight excluding hydrogens is 330 g/mol. The summed E-state index contributed by atoms with van der Waals surface area (Å²) in [5.74, 6) is 0.355. The molecule has 0 aliphatic carbocycles. The van der Waals surface area contributed by atoms with Crippen molar-refractivity contribution in [2.75, 3.05) is 19.6 Å². The Labute approximate surface area is 153 Å². The molecule has 2 fully saturated rings. The minimum atomic E-state index is 0.0339. The van der Waals surface area contributed by atoms with Gasteiger partial charge < -0.3 is 4.90 Å². The number of likely N-dealkylation sites (tertiary alicyclic amines) is 2. The zero-order chi connectivity index (χ0) is 17.3. The maximum atomic E-state index is 13.1. The van der Waals surface area contributed by atoms with Crippen LogP contribution in [0, 0.1) is 0 Å². The van der Waals surface area contributed by atoms with Crippen molar-refractivity contribution in [3.05, 3.63) is 52.5 Å². The molecule has 5 heteroatoms. The third-order valence-electron chi connectivity index (χ3n) is 5.87. The van der Waals surface area contributed by atoms with E-state index in [0.29, 0.717) is 5.91 Å². The van der Waals surface area contributed by atoms with Crippen LogP contribution >= 0.6 is 11.3 Å². The van der Waals surface area contributed by atoms with Gasteiger partial charge in [0.05, 0.1) is 12.5 Å². The number of piperidine rings is 1. The molecule has 0 saturated carbocycles. The number of carbonyl (C=O) groups excluding carboxylic acids is 1. The summed E-state index contributed by atoms with van der Waals surface area (Å²) in [6.45, 7) is 5.97. The minimum Gasteiger partial charge on any atom is -0.337 e. The molecule has 2 aliphatic rings. The quantitative estimate of drug-likeness (QED) is 0.842. The third-order valence-corrected chi connectivity index (χ3v) is 6.63. The highest BCUT2D eigenvalue weighted by Gasteiger charge is 2.51. The second kappa shape index (κ2) is 6.89. The summed E-state index contributed by atoms with van der Waals surface area (Å²) in [6.07, 6.45) is 4.99. The van der Waals surface area contributed by atoms with E-state index in [0.717, 1.165) is 45.4 Å². The summed E-state index contributed by atoms with van der Waals surface area (Å²) >= 11 is 1.73. The fraction of sp³-hybridized carbons (Fsp3) is 0.500. The number of nitrogens with zero attached hydrogens (tertiary/aromatic N) is 3. The van der Waals surface area contributed by atoms with E-state index in [1.807, 2.05) is 29.8 Å². The van der Waals surface area contributed by atoms with Gasteiger partial charge >= 0.3 is 0 Å². The van der Waals surface area contributed by atoms with Crippen molar-refractivity contribution in [3.8, 4) is 0 Å². The maximum Gasteiger partial charge on any atom is 0.230 e. The van der Waals surface area contributed by atoms with Gasteiger partial charge in [-0.15, -0.1) is 11.3 Å². The van der Waals surface area contributed by atoms with E-state index in [1.54, 1.807) is 11.3 Å². The second-order valence-corrected chi connectivity index (χ2v) is 8.16. The zero-order valence-electron chi connectivity index (χ0n) is 14.7. The Kier molecular flexibility index (Phi) is 4.61. The largest absolute Gasteiger partial charge is 0.337 e. The molecule has 0 N–H and O–H groups in total. The van der Waals surface area contributed by atoms with Gasteiger partial charge in [0.25, 0.3) is 0 Å². The molecule has 2 aliphatic heterocycles. The first kappa shape index (κ1) is 16.7. The summed E-state index contributed by atoms with van der Waals surface area (Å²) < 4.78 is 0. The van der Waals surface area contributed by atoms with E-state index in [9.17, 15) is 4.79 Å². The van der Waals surface area contributed by atoms with E-state index in [-0.39, 0.29) is 11.5 Å². The number of thiazole rings is 1. The van der Waals surface area contributed by atoms with Crippen molar-refractivity contribution in [3.63, 3.8) is 0 Å². The summed E-state index contributed by atoms with van der Waals surface area (Å²) in [4.78, 5) is 22.1. The maximum absolute atomic E-state index is 13.1. The predicted octanol–water partition coefficient (Wildman–Crippen LogP) is 3.51. The number of benzene rings is 1. The van der Waals surface area contributed by atoms with Gasteiger partial charge in [0.2, 0.25) is 5.91 Å². The number of amides is 1. The van der Waals surface area contributed by atoms with Gasteiger partial charge in [-0.25, -0.2) is 4.98 Å². The molecule has 4 rings (SSSR count). The van der Waals surface area contributed by atoms with Gasteiger partial charge in [-0.3, -0.25) is 9.69 Å². The summed E-state index contributed by atoms with van der Waals surface area (Å²) in [6, 6.07) is 10.3. The Morgan fingerprint density at radius 2 is 2.00 bits per heavy atom. The van der Waals surface area contributed by atoms with E-state index in [2.05, 4.69) is 33.8 Å². The van der Waals surface area contributed by atoms with Crippen LogP contribution in [0.5, 0.6) is 0 Å². The SMILES string of the molecule is CCN1C(=O)C(c2ccccc2)CC12CCN(Cc1nccs1)CC2. The number of likely N-dealkylation sites (N-methyl/N-ethyl adjacent to an activating group) is 1. The Balaban J connectivity index is 1.48. The highest BCUT2D eigenvalue weighted by molar-refractivity contribution is 7.09. The van der Waals surface area contributed by atoms with Crippen LogP contribution in [0.25, 0.3) is 0 Å². The molecule has 25 heavy (non-hydrogen) atoms. The van der Waals surface area contributed by atoms with Crippen LogP contribution in [-0.2, 0) is 11.3 Å². The first-order chi connectivity index (χ1) is 12.2. The van der Waals surface area contributed by atoms with Gasteiger partial charge in [0.1, 0.15) is 5.01 Å². The molecule has 132 valence electrons. The van der Waals surface area contributed by atoms with Crippen LogP contribution in [0.3, 0.4) is 0 Å². The van der Waals surface area contributed by atoms with E-state index >= 15 is 0 Å². The minimum absolute atomic E-state index is 0.0339. The molecule has 1 atom stereocenters.